The van der Waals surface area contributed by atoms with Crippen LogP contribution in [0.3, 0.4) is 0 Å². The topological polar surface area (TPSA) is 46.3 Å². The molecule has 0 unspecified atom stereocenters. The molecule has 1 aliphatic carbocycles. The van der Waals surface area contributed by atoms with Crippen molar-refractivity contribution in [2.24, 2.45) is 11.7 Å². The highest BCUT2D eigenvalue weighted by Crippen LogP contribution is 2.36. The normalized spacial score (nSPS) is 25.4. The van der Waals surface area contributed by atoms with E-state index in [9.17, 15) is 18.0 Å². The molecule has 1 saturated carbocycles. The summed E-state index contributed by atoms with van der Waals surface area (Å²) in [6, 6.07) is 0. The third-order valence-corrected chi connectivity index (χ3v) is 4.17. The molecule has 2 aliphatic rings. The van der Waals surface area contributed by atoms with Crippen LogP contribution in [-0.2, 0) is 4.79 Å². The summed E-state index contributed by atoms with van der Waals surface area (Å²) in [5.74, 6) is -1.42. The van der Waals surface area contributed by atoms with Crippen LogP contribution in [0.5, 0.6) is 0 Å². The van der Waals surface area contributed by atoms with Gasteiger partial charge in [0.05, 0.1) is 11.5 Å². The molecule has 18 heavy (non-hydrogen) atoms. The lowest BCUT2D eigenvalue weighted by atomic mass is 9.92. The Morgan fingerprint density at radius 3 is 2.11 bits per heavy atom. The molecule has 0 aromatic rings. The number of nitrogens with two attached hydrogens (primary N) is 1. The zero-order valence-corrected chi connectivity index (χ0v) is 10.3. The molecule has 0 aromatic carbocycles. The molecule has 104 valence electrons. The molecule has 3 nitrogen and oxygen atoms in total. The van der Waals surface area contributed by atoms with Gasteiger partial charge in [0.15, 0.2) is 0 Å². The molecule has 0 atom stereocenters. The fourth-order valence-corrected chi connectivity index (χ4v) is 2.94. The predicted octanol–water partition coefficient (Wildman–Crippen LogP) is 2.06. The smallest absolute Gasteiger partial charge is 0.341 e. The van der Waals surface area contributed by atoms with Crippen molar-refractivity contribution in [2.75, 3.05) is 13.1 Å². The molecule has 6 heteroatoms. The van der Waals surface area contributed by atoms with E-state index in [0.29, 0.717) is 12.8 Å². The van der Waals surface area contributed by atoms with Gasteiger partial charge in [-0.2, -0.15) is 13.2 Å². The van der Waals surface area contributed by atoms with Gasteiger partial charge < -0.3 is 10.6 Å². The van der Waals surface area contributed by atoms with Gasteiger partial charge in [-0.05, 0) is 25.7 Å². The Morgan fingerprint density at radius 1 is 1.17 bits per heavy atom. The standard InChI is InChI=1S/C12H19F3N2O/c13-12(14,15)9-3-7-17(8-4-9)10(18)11(16)5-1-2-6-11/h9H,1-8,16H2. The lowest BCUT2D eigenvalue weighted by Gasteiger charge is -2.37. The molecular formula is C12H19F3N2O. The minimum atomic E-state index is -4.14. The van der Waals surface area contributed by atoms with Crippen LogP contribution in [0.15, 0.2) is 0 Å². The molecule has 1 amide bonds. The van der Waals surface area contributed by atoms with Gasteiger partial charge in [0.25, 0.3) is 0 Å². The Hall–Kier alpha value is -0.780. The third kappa shape index (κ3) is 2.63. The zero-order chi connectivity index (χ0) is 13.4. The first-order valence-corrected chi connectivity index (χ1v) is 6.48. The van der Waals surface area contributed by atoms with E-state index in [1.165, 1.54) is 4.90 Å². The summed E-state index contributed by atoms with van der Waals surface area (Å²) >= 11 is 0. The number of carbonyl (C=O) groups excluding carboxylic acids is 1. The van der Waals surface area contributed by atoms with Gasteiger partial charge >= 0.3 is 6.18 Å². The first-order chi connectivity index (χ1) is 8.33. The molecule has 1 saturated heterocycles. The molecule has 0 aromatic heterocycles. The van der Waals surface area contributed by atoms with Crippen molar-refractivity contribution in [1.82, 2.24) is 4.90 Å². The molecule has 2 fully saturated rings. The van der Waals surface area contributed by atoms with E-state index in [2.05, 4.69) is 0 Å². The first kappa shape index (κ1) is 13.6. The van der Waals surface area contributed by atoms with E-state index in [1.807, 2.05) is 0 Å². The van der Waals surface area contributed by atoms with Crippen molar-refractivity contribution in [2.45, 2.75) is 50.2 Å². The Balaban J connectivity index is 1.92. The van der Waals surface area contributed by atoms with Crippen molar-refractivity contribution >= 4 is 5.91 Å². The van der Waals surface area contributed by atoms with Gasteiger partial charge in [0.2, 0.25) is 5.91 Å². The quantitative estimate of drug-likeness (QED) is 0.788. The highest BCUT2D eigenvalue weighted by molar-refractivity contribution is 5.86. The maximum atomic E-state index is 12.5. The van der Waals surface area contributed by atoms with Gasteiger partial charge in [0.1, 0.15) is 0 Å². The first-order valence-electron chi connectivity index (χ1n) is 6.48. The zero-order valence-electron chi connectivity index (χ0n) is 10.3. The maximum Gasteiger partial charge on any atom is 0.391 e. The van der Waals surface area contributed by atoms with Gasteiger partial charge in [-0.3, -0.25) is 4.79 Å². The van der Waals surface area contributed by atoms with Crippen molar-refractivity contribution < 1.29 is 18.0 Å². The van der Waals surface area contributed by atoms with Gasteiger partial charge in [-0.1, -0.05) is 12.8 Å². The van der Waals surface area contributed by atoms with Gasteiger partial charge in [0, 0.05) is 13.1 Å². The van der Waals surface area contributed by atoms with E-state index < -0.39 is 17.6 Å². The summed E-state index contributed by atoms with van der Waals surface area (Å²) in [6.07, 6.45) is -0.946. The number of amides is 1. The van der Waals surface area contributed by atoms with Crippen molar-refractivity contribution in [3.63, 3.8) is 0 Å². The second-order valence-electron chi connectivity index (χ2n) is 5.47. The number of hydrogen-bond donors (Lipinski definition) is 1. The van der Waals surface area contributed by atoms with E-state index in [4.69, 9.17) is 5.73 Å². The average molecular weight is 264 g/mol. The number of nitrogens with zero attached hydrogens (tertiary/aromatic N) is 1. The maximum absolute atomic E-state index is 12.5. The van der Waals surface area contributed by atoms with E-state index in [-0.39, 0.29) is 31.8 Å². The summed E-state index contributed by atoms with van der Waals surface area (Å²) in [7, 11) is 0. The summed E-state index contributed by atoms with van der Waals surface area (Å²) < 4.78 is 37.6. The summed E-state index contributed by atoms with van der Waals surface area (Å²) in [5.41, 5.74) is 5.23. The average Bonchev–Trinajstić information content (AvgIpc) is 2.75. The molecule has 1 aliphatic heterocycles. The van der Waals surface area contributed by atoms with Gasteiger partial charge in [-0.15, -0.1) is 0 Å². The minimum absolute atomic E-state index is 0.00528. The summed E-state index contributed by atoms with van der Waals surface area (Å²) in [4.78, 5) is 13.7. The van der Waals surface area contributed by atoms with Crippen molar-refractivity contribution in [1.29, 1.82) is 0 Å². The Labute approximate surface area is 104 Å². The lowest BCUT2D eigenvalue weighted by Crippen LogP contribution is -2.55. The minimum Gasteiger partial charge on any atom is -0.341 e. The van der Waals surface area contributed by atoms with Crippen LogP contribution in [0.25, 0.3) is 0 Å². The van der Waals surface area contributed by atoms with Crippen LogP contribution in [0.1, 0.15) is 38.5 Å². The molecule has 0 radical (unpaired) electrons. The Morgan fingerprint density at radius 2 is 1.67 bits per heavy atom. The van der Waals surface area contributed by atoms with Gasteiger partial charge in [-0.25, -0.2) is 0 Å². The molecule has 2 N–H and O–H groups in total. The number of alkyl halides is 3. The van der Waals surface area contributed by atoms with E-state index >= 15 is 0 Å². The molecule has 0 bridgehead atoms. The highest BCUT2D eigenvalue weighted by Gasteiger charge is 2.45. The monoisotopic (exact) mass is 264 g/mol. The van der Waals surface area contributed by atoms with Crippen molar-refractivity contribution in [3.8, 4) is 0 Å². The largest absolute Gasteiger partial charge is 0.391 e. The number of piperidine rings is 1. The van der Waals surface area contributed by atoms with Crippen LogP contribution >= 0.6 is 0 Å². The Kier molecular flexibility index (Phi) is 3.58. The fourth-order valence-electron chi connectivity index (χ4n) is 2.94. The van der Waals surface area contributed by atoms with E-state index in [0.717, 1.165) is 12.8 Å². The van der Waals surface area contributed by atoms with Crippen LogP contribution in [0.2, 0.25) is 0 Å². The number of likely N-dealkylation sites (tertiary alicyclic amines) is 1. The Bertz CT molecular complexity index is 316. The third-order valence-electron chi connectivity index (χ3n) is 4.17. The highest BCUT2D eigenvalue weighted by atomic mass is 19.4. The molecule has 2 rings (SSSR count). The molecular weight excluding hydrogens is 245 g/mol. The SMILES string of the molecule is NC1(C(=O)N2CCC(C(F)(F)F)CC2)CCCC1. The van der Waals surface area contributed by atoms with Crippen LogP contribution < -0.4 is 5.73 Å². The number of halogens is 3. The number of hydrogen-bond acceptors (Lipinski definition) is 2. The second-order valence-corrected chi connectivity index (χ2v) is 5.47. The van der Waals surface area contributed by atoms with Crippen LogP contribution in [-0.4, -0.2) is 35.6 Å². The number of rotatable bonds is 1. The van der Waals surface area contributed by atoms with Crippen molar-refractivity contribution in [3.05, 3.63) is 0 Å². The number of carbonyl (C=O) groups is 1. The van der Waals surface area contributed by atoms with Crippen LogP contribution in [0, 0.1) is 5.92 Å². The van der Waals surface area contributed by atoms with Crippen LogP contribution in [0.4, 0.5) is 13.2 Å². The fraction of sp³-hybridized carbons (Fsp3) is 0.917. The lowest BCUT2D eigenvalue weighted by molar-refractivity contribution is -0.187. The summed E-state index contributed by atoms with van der Waals surface area (Å²) in [6.45, 7) is 0.365. The van der Waals surface area contributed by atoms with E-state index in [1.54, 1.807) is 0 Å². The molecule has 0 spiro atoms. The second kappa shape index (κ2) is 4.72. The predicted molar refractivity (Wildman–Crippen MR) is 60.7 cm³/mol. The summed E-state index contributed by atoms with van der Waals surface area (Å²) in [5, 5.41) is 0. The molecule has 1 heterocycles.